The number of rotatable bonds is 5. The van der Waals surface area contributed by atoms with E-state index in [4.69, 9.17) is 4.74 Å². The zero-order valence-electron chi connectivity index (χ0n) is 17.6. The molecule has 1 aliphatic heterocycles. The summed E-state index contributed by atoms with van der Waals surface area (Å²) in [6.07, 6.45) is 0.722. The summed E-state index contributed by atoms with van der Waals surface area (Å²) in [6.45, 7) is 19.0. The van der Waals surface area contributed by atoms with Crippen LogP contribution in [0.4, 0.5) is 0 Å². The molecule has 26 heavy (non-hydrogen) atoms. The molecule has 4 nitrogen and oxygen atoms in total. The lowest BCUT2D eigenvalue weighted by Gasteiger charge is -2.45. The molecule has 0 bridgehead atoms. The normalized spacial score (nSPS) is 17.1. The number of hydrogen-bond acceptors (Lipinski definition) is 3. The number of carbonyl (C=O) groups excluding carboxylic acids is 2. The fraction of sp³-hybridized carbons (Fsp3) is 0.571. The Morgan fingerprint density at radius 1 is 0.962 bits per heavy atom. The molecule has 1 atom stereocenters. The van der Waals surface area contributed by atoms with Gasteiger partial charge < -0.3 is 4.74 Å². The van der Waals surface area contributed by atoms with E-state index < -0.39 is 14.1 Å². The van der Waals surface area contributed by atoms with Crippen LogP contribution in [0.2, 0.25) is 19.6 Å². The molecule has 0 N–H and O–H groups in total. The number of amides is 2. The minimum absolute atomic E-state index is 0.237. The van der Waals surface area contributed by atoms with Crippen molar-refractivity contribution in [2.75, 3.05) is 0 Å². The number of carbonyl (C=O) groups is 2. The maximum Gasteiger partial charge on any atom is 0.261 e. The number of benzene rings is 1. The van der Waals surface area contributed by atoms with Crippen LogP contribution in [0, 0.1) is 11.5 Å². The summed E-state index contributed by atoms with van der Waals surface area (Å²) in [5, 5.41) is -0.306. The van der Waals surface area contributed by atoms with E-state index in [9.17, 15) is 9.59 Å². The van der Waals surface area contributed by atoms with Crippen molar-refractivity contribution >= 4 is 19.9 Å². The fourth-order valence-electron chi connectivity index (χ4n) is 3.23. The van der Waals surface area contributed by atoms with Crippen LogP contribution in [0.1, 0.15) is 62.3 Å². The molecule has 0 aliphatic carbocycles. The van der Waals surface area contributed by atoms with Gasteiger partial charge in [-0.1, -0.05) is 52.5 Å². The molecule has 0 spiro atoms. The van der Waals surface area contributed by atoms with Crippen LogP contribution in [-0.4, -0.2) is 36.1 Å². The van der Waals surface area contributed by atoms with E-state index in [1.807, 2.05) is 27.7 Å². The molecule has 0 fully saturated rings. The third kappa shape index (κ3) is 3.65. The van der Waals surface area contributed by atoms with Gasteiger partial charge in [0, 0.05) is 0 Å². The van der Waals surface area contributed by atoms with Crippen molar-refractivity contribution < 1.29 is 14.3 Å². The second kappa shape index (κ2) is 6.61. The molecule has 1 aromatic carbocycles. The second-order valence-electron chi connectivity index (χ2n) is 9.77. The zero-order chi connectivity index (χ0) is 20.1. The van der Waals surface area contributed by atoms with E-state index >= 15 is 0 Å². The van der Waals surface area contributed by atoms with Crippen molar-refractivity contribution in [2.24, 2.45) is 5.41 Å². The Morgan fingerprint density at radius 2 is 1.38 bits per heavy atom. The fourth-order valence-corrected chi connectivity index (χ4v) is 3.70. The van der Waals surface area contributed by atoms with Crippen LogP contribution < -0.4 is 0 Å². The Bertz CT molecular complexity index is 678. The molecule has 1 aliphatic rings. The van der Waals surface area contributed by atoms with Crippen LogP contribution in [0.15, 0.2) is 24.3 Å². The molecule has 1 aromatic rings. The Kier molecular flexibility index (Phi) is 5.30. The molecular weight excluding hydrogens is 342 g/mol. The highest BCUT2D eigenvalue weighted by molar-refractivity contribution is 6.78. The summed E-state index contributed by atoms with van der Waals surface area (Å²) in [7, 11) is -1.62. The lowest BCUT2D eigenvalue weighted by Crippen LogP contribution is -2.55. The van der Waals surface area contributed by atoms with Gasteiger partial charge >= 0.3 is 0 Å². The van der Waals surface area contributed by atoms with Gasteiger partial charge in [-0.2, -0.15) is 0 Å². The Labute approximate surface area is 158 Å². The van der Waals surface area contributed by atoms with Crippen LogP contribution in [0.25, 0.3) is 0 Å². The van der Waals surface area contributed by atoms with Crippen LogP contribution in [-0.2, 0) is 4.74 Å². The van der Waals surface area contributed by atoms with E-state index in [1.165, 1.54) is 4.90 Å². The molecular formula is C21H32NO3Si. The molecule has 143 valence electrons. The summed E-state index contributed by atoms with van der Waals surface area (Å²) in [4.78, 5) is 27.4. The van der Waals surface area contributed by atoms with Crippen molar-refractivity contribution in [1.29, 1.82) is 0 Å². The second-order valence-corrected chi connectivity index (χ2v) is 15.5. The summed E-state index contributed by atoms with van der Waals surface area (Å²) < 4.78 is 6.43. The lowest BCUT2D eigenvalue weighted by molar-refractivity contribution is -0.0145. The first kappa shape index (κ1) is 20.8. The van der Waals surface area contributed by atoms with Gasteiger partial charge in [0.15, 0.2) is 0 Å². The van der Waals surface area contributed by atoms with Crippen LogP contribution in [0.3, 0.4) is 0 Å². The highest BCUT2D eigenvalue weighted by Gasteiger charge is 2.49. The maximum atomic E-state index is 13.0. The van der Waals surface area contributed by atoms with Crippen molar-refractivity contribution in [3.63, 3.8) is 0 Å². The molecule has 0 aromatic heterocycles. The topological polar surface area (TPSA) is 46.6 Å². The van der Waals surface area contributed by atoms with E-state index in [-0.39, 0.29) is 22.5 Å². The first-order valence-electron chi connectivity index (χ1n) is 9.18. The van der Waals surface area contributed by atoms with Gasteiger partial charge in [0.05, 0.1) is 30.5 Å². The van der Waals surface area contributed by atoms with E-state index in [2.05, 4.69) is 33.5 Å². The molecule has 2 rings (SSSR count). The number of ether oxygens (including phenoxy) is 1. The molecule has 0 saturated carbocycles. The third-order valence-corrected chi connectivity index (χ3v) is 9.23. The zero-order valence-corrected chi connectivity index (χ0v) is 18.6. The van der Waals surface area contributed by atoms with Gasteiger partial charge in [0.1, 0.15) is 6.10 Å². The van der Waals surface area contributed by atoms with Crippen LogP contribution in [0.5, 0.6) is 0 Å². The molecule has 2 amide bonds. The summed E-state index contributed by atoms with van der Waals surface area (Å²) in [5.41, 5.74) is 0.612. The Hall–Kier alpha value is -1.46. The first-order chi connectivity index (χ1) is 11.7. The average Bonchev–Trinajstić information content (AvgIpc) is 2.70. The monoisotopic (exact) mass is 374 g/mol. The van der Waals surface area contributed by atoms with Gasteiger partial charge in [-0.3, -0.25) is 14.5 Å². The van der Waals surface area contributed by atoms with E-state index in [1.54, 1.807) is 24.3 Å². The Balaban J connectivity index is 2.42. The van der Waals surface area contributed by atoms with Crippen LogP contribution >= 0.6 is 0 Å². The summed E-state index contributed by atoms with van der Waals surface area (Å²) in [5.74, 6) is -0.474. The predicted molar refractivity (Wildman–Crippen MR) is 108 cm³/mol. The predicted octanol–water partition coefficient (Wildman–Crippen LogP) is 4.92. The minimum Gasteiger partial charge on any atom is -0.368 e. The minimum atomic E-state index is -1.62. The van der Waals surface area contributed by atoms with E-state index in [0.717, 1.165) is 6.10 Å². The molecule has 1 heterocycles. The molecule has 1 radical (unpaired) electrons. The number of nitrogens with zero attached hydrogens (tertiary/aromatic N) is 1. The summed E-state index contributed by atoms with van der Waals surface area (Å²) in [6, 6.07) is 6.60. The van der Waals surface area contributed by atoms with Gasteiger partial charge in [0.2, 0.25) is 0 Å². The number of imide groups is 1. The highest BCUT2D eigenvalue weighted by Crippen LogP contribution is 2.40. The number of hydrogen-bond donors (Lipinski definition) is 0. The highest BCUT2D eigenvalue weighted by atomic mass is 28.3. The van der Waals surface area contributed by atoms with E-state index in [0.29, 0.717) is 11.1 Å². The number of fused-ring (bicyclic) bond motifs is 1. The first-order valence-corrected chi connectivity index (χ1v) is 12.7. The smallest absolute Gasteiger partial charge is 0.261 e. The summed E-state index contributed by atoms with van der Waals surface area (Å²) >= 11 is 0. The van der Waals surface area contributed by atoms with Crippen molar-refractivity contribution in [3.05, 3.63) is 41.5 Å². The van der Waals surface area contributed by atoms with Crippen molar-refractivity contribution in [3.8, 4) is 0 Å². The van der Waals surface area contributed by atoms with Crippen molar-refractivity contribution in [2.45, 2.75) is 72.4 Å². The maximum absolute atomic E-state index is 13.0. The van der Waals surface area contributed by atoms with Gasteiger partial charge in [-0.05, 0) is 38.3 Å². The standard InChI is InChI=1S/C21H32NO3Si/c1-14(25-21(5,6)26(7,8)9)17(20(2,3)4)22-18(23)15-12-10-11-13-16(15)19(22)24/h10-13,17H,1-9H3. The van der Waals surface area contributed by atoms with Gasteiger partial charge in [-0.25, -0.2) is 0 Å². The third-order valence-electron chi connectivity index (χ3n) is 5.51. The Morgan fingerprint density at radius 3 is 1.73 bits per heavy atom. The van der Waals surface area contributed by atoms with Crippen molar-refractivity contribution in [1.82, 2.24) is 4.90 Å². The molecule has 0 saturated heterocycles. The quantitative estimate of drug-likeness (QED) is 0.543. The molecule has 5 heteroatoms. The van der Waals surface area contributed by atoms with Gasteiger partial charge in [-0.15, -0.1) is 0 Å². The largest absolute Gasteiger partial charge is 0.368 e. The molecule has 1 unspecified atom stereocenters. The average molecular weight is 375 g/mol. The lowest BCUT2D eigenvalue weighted by atomic mass is 9.82. The SMILES string of the molecule is C[C](OC(C)(C)[Si](C)(C)C)C(N1C(=O)c2ccccc2C1=O)C(C)(C)C. The van der Waals surface area contributed by atoms with Gasteiger partial charge in [0.25, 0.3) is 11.8 Å².